The maximum atomic E-state index is 13.8. The van der Waals surface area contributed by atoms with Gasteiger partial charge >= 0.3 is 0 Å². The summed E-state index contributed by atoms with van der Waals surface area (Å²) in [4.78, 5) is 9.80. The molecule has 0 spiro atoms. The molecular formula is C14H14ClFN4S. The third kappa shape index (κ3) is 2.28. The van der Waals surface area contributed by atoms with Crippen molar-refractivity contribution in [1.29, 1.82) is 0 Å². The Bertz CT molecular complexity index is 839. The number of anilines is 1. The zero-order valence-corrected chi connectivity index (χ0v) is 13.4. The molecule has 110 valence electrons. The number of nitrogen functional groups attached to an aromatic ring is 1. The first kappa shape index (κ1) is 14.3. The van der Waals surface area contributed by atoms with Crippen molar-refractivity contribution >= 4 is 39.9 Å². The first-order valence-corrected chi connectivity index (χ1v) is 7.64. The molecule has 3 rings (SSSR count). The number of nitrogens with two attached hydrogens (primary N) is 1. The maximum Gasteiger partial charge on any atom is 0.201 e. The van der Waals surface area contributed by atoms with Crippen molar-refractivity contribution in [1.82, 2.24) is 14.5 Å². The van der Waals surface area contributed by atoms with Crippen LogP contribution in [-0.4, -0.2) is 14.5 Å². The fourth-order valence-corrected chi connectivity index (χ4v) is 3.70. The molecule has 1 atom stereocenters. The lowest BCUT2D eigenvalue weighted by Crippen LogP contribution is -2.10. The summed E-state index contributed by atoms with van der Waals surface area (Å²) in [5.74, 6) is -0.139. The van der Waals surface area contributed by atoms with Crippen LogP contribution in [0.4, 0.5) is 10.3 Å². The standard InChI is InChI=1S/C14H14ClFN4S/c1-6-13(21-8(3)18-6)7(2)20-12-5-10(16)9(15)4-11(12)19-14(20)17/h4-5,7H,1-3H3,(H2,17,19). The molecule has 2 N–H and O–H groups in total. The van der Waals surface area contributed by atoms with Crippen molar-refractivity contribution in [2.75, 3.05) is 5.73 Å². The van der Waals surface area contributed by atoms with Crippen LogP contribution < -0.4 is 5.73 Å². The Kier molecular flexibility index (Phi) is 3.37. The SMILES string of the molecule is Cc1nc(C)c(C(C)n2c(N)nc3cc(Cl)c(F)cc32)s1. The molecule has 2 aromatic heterocycles. The lowest BCUT2D eigenvalue weighted by molar-refractivity contribution is 0.626. The van der Waals surface area contributed by atoms with Gasteiger partial charge in [-0.2, -0.15) is 0 Å². The molecule has 0 aliphatic rings. The molecule has 7 heteroatoms. The fraction of sp³-hybridized carbons (Fsp3) is 0.286. The highest BCUT2D eigenvalue weighted by molar-refractivity contribution is 7.11. The maximum absolute atomic E-state index is 13.8. The van der Waals surface area contributed by atoms with Crippen molar-refractivity contribution in [2.24, 2.45) is 0 Å². The van der Waals surface area contributed by atoms with Crippen LogP contribution in [0.25, 0.3) is 11.0 Å². The Morgan fingerprint density at radius 2 is 2.05 bits per heavy atom. The predicted octanol–water partition coefficient (Wildman–Crippen LogP) is 4.09. The van der Waals surface area contributed by atoms with E-state index >= 15 is 0 Å². The molecule has 1 unspecified atom stereocenters. The quantitative estimate of drug-likeness (QED) is 0.772. The van der Waals surface area contributed by atoms with Gasteiger partial charge in [-0.25, -0.2) is 14.4 Å². The summed E-state index contributed by atoms with van der Waals surface area (Å²) >= 11 is 7.41. The first-order chi connectivity index (χ1) is 9.88. The van der Waals surface area contributed by atoms with Gasteiger partial charge in [-0.15, -0.1) is 11.3 Å². The van der Waals surface area contributed by atoms with Crippen molar-refractivity contribution in [3.05, 3.63) is 38.6 Å². The van der Waals surface area contributed by atoms with E-state index in [0.29, 0.717) is 17.0 Å². The summed E-state index contributed by atoms with van der Waals surface area (Å²) < 4.78 is 15.6. The van der Waals surface area contributed by atoms with Crippen LogP contribution in [0.3, 0.4) is 0 Å². The van der Waals surface area contributed by atoms with E-state index in [4.69, 9.17) is 17.3 Å². The Morgan fingerprint density at radius 1 is 1.33 bits per heavy atom. The largest absolute Gasteiger partial charge is 0.369 e. The van der Waals surface area contributed by atoms with Gasteiger partial charge in [0, 0.05) is 6.07 Å². The van der Waals surface area contributed by atoms with Gasteiger partial charge in [-0.3, -0.25) is 0 Å². The zero-order valence-electron chi connectivity index (χ0n) is 11.8. The average Bonchev–Trinajstić information content (AvgIpc) is 2.89. The van der Waals surface area contributed by atoms with Crippen LogP contribution in [-0.2, 0) is 0 Å². The van der Waals surface area contributed by atoms with Crippen molar-refractivity contribution in [3.8, 4) is 0 Å². The second-order valence-corrected chi connectivity index (χ2v) is 6.60. The number of aryl methyl sites for hydroxylation is 2. The number of halogens is 2. The third-order valence-corrected chi connectivity index (χ3v) is 5.00. The summed E-state index contributed by atoms with van der Waals surface area (Å²) in [7, 11) is 0. The van der Waals surface area contributed by atoms with E-state index in [1.165, 1.54) is 12.1 Å². The molecule has 1 aromatic carbocycles. The van der Waals surface area contributed by atoms with Crippen molar-refractivity contribution in [2.45, 2.75) is 26.8 Å². The molecule has 0 fully saturated rings. The van der Waals surface area contributed by atoms with Crippen LogP contribution in [0.1, 0.15) is 28.5 Å². The van der Waals surface area contributed by atoms with Crippen molar-refractivity contribution in [3.63, 3.8) is 0 Å². The second-order valence-electron chi connectivity index (χ2n) is 4.95. The van der Waals surface area contributed by atoms with Gasteiger partial charge in [0.1, 0.15) is 5.82 Å². The summed E-state index contributed by atoms with van der Waals surface area (Å²) in [6.07, 6.45) is 0. The monoisotopic (exact) mass is 324 g/mol. The number of nitrogens with zero attached hydrogens (tertiary/aromatic N) is 3. The Balaban J connectivity index is 2.22. The van der Waals surface area contributed by atoms with Crippen LogP contribution in [0.2, 0.25) is 5.02 Å². The molecule has 2 heterocycles. The van der Waals surface area contributed by atoms with E-state index in [2.05, 4.69) is 9.97 Å². The minimum Gasteiger partial charge on any atom is -0.369 e. The summed E-state index contributed by atoms with van der Waals surface area (Å²) in [6.45, 7) is 5.93. The van der Waals surface area contributed by atoms with Gasteiger partial charge in [0.05, 0.1) is 37.7 Å². The van der Waals surface area contributed by atoms with Crippen LogP contribution >= 0.6 is 22.9 Å². The zero-order chi connectivity index (χ0) is 15.3. The third-order valence-electron chi connectivity index (χ3n) is 3.46. The predicted molar refractivity (Wildman–Crippen MR) is 84.5 cm³/mol. The Morgan fingerprint density at radius 3 is 2.67 bits per heavy atom. The van der Waals surface area contributed by atoms with Gasteiger partial charge in [-0.1, -0.05) is 11.6 Å². The van der Waals surface area contributed by atoms with Gasteiger partial charge in [-0.05, 0) is 26.8 Å². The molecule has 21 heavy (non-hydrogen) atoms. The molecule has 0 amide bonds. The van der Waals surface area contributed by atoms with Crippen molar-refractivity contribution < 1.29 is 4.39 Å². The second kappa shape index (κ2) is 4.96. The smallest absolute Gasteiger partial charge is 0.201 e. The number of imidazole rings is 1. The van der Waals surface area contributed by atoms with E-state index in [0.717, 1.165) is 15.6 Å². The Hall–Kier alpha value is -1.66. The van der Waals surface area contributed by atoms with Crippen LogP contribution in [0.15, 0.2) is 12.1 Å². The lowest BCUT2D eigenvalue weighted by atomic mass is 10.2. The van der Waals surface area contributed by atoms with E-state index in [1.807, 2.05) is 25.3 Å². The summed E-state index contributed by atoms with van der Waals surface area (Å²) in [5.41, 5.74) is 8.20. The van der Waals surface area contributed by atoms with Gasteiger partial charge in [0.25, 0.3) is 0 Å². The van der Waals surface area contributed by atoms with Crippen LogP contribution in [0, 0.1) is 19.7 Å². The molecule has 0 radical (unpaired) electrons. The number of thiazole rings is 1. The fourth-order valence-electron chi connectivity index (χ4n) is 2.57. The number of benzene rings is 1. The minimum absolute atomic E-state index is 0.0459. The molecule has 0 saturated heterocycles. The molecule has 0 saturated carbocycles. The minimum atomic E-state index is -0.477. The number of rotatable bonds is 2. The number of hydrogen-bond donors (Lipinski definition) is 1. The van der Waals surface area contributed by atoms with Gasteiger partial charge in [0.2, 0.25) is 5.95 Å². The molecule has 0 aliphatic carbocycles. The Labute approximate surface area is 130 Å². The number of hydrogen-bond acceptors (Lipinski definition) is 4. The lowest BCUT2D eigenvalue weighted by Gasteiger charge is -2.15. The van der Waals surface area contributed by atoms with E-state index in [-0.39, 0.29) is 11.1 Å². The van der Waals surface area contributed by atoms with Crippen LogP contribution in [0.5, 0.6) is 0 Å². The summed E-state index contributed by atoms with van der Waals surface area (Å²) in [6, 6.07) is 2.80. The van der Waals surface area contributed by atoms with Gasteiger partial charge in [0.15, 0.2) is 0 Å². The molecule has 0 bridgehead atoms. The first-order valence-electron chi connectivity index (χ1n) is 6.45. The molecule has 0 aliphatic heterocycles. The molecule has 4 nitrogen and oxygen atoms in total. The normalized spacial score (nSPS) is 13.0. The van der Waals surface area contributed by atoms with E-state index in [1.54, 1.807) is 11.3 Å². The summed E-state index contributed by atoms with van der Waals surface area (Å²) in [5, 5.41) is 1.04. The van der Waals surface area contributed by atoms with Gasteiger partial charge < -0.3 is 10.3 Å². The van der Waals surface area contributed by atoms with E-state index in [9.17, 15) is 4.39 Å². The highest BCUT2D eigenvalue weighted by atomic mass is 35.5. The highest BCUT2D eigenvalue weighted by Gasteiger charge is 2.20. The highest BCUT2D eigenvalue weighted by Crippen LogP contribution is 2.33. The number of aromatic nitrogens is 3. The molecule has 3 aromatic rings. The number of fused-ring (bicyclic) bond motifs is 1. The van der Waals surface area contributed by atoms with E-state index < -0.39 is 5.82 Å². The average molecular weight is 325 g/mol. The topological polar surface area (TPSA) is 56.7 Å². The molecular weight excluding hydrogens is 311 g/mol.